The minimum absolute atomic E-state index is 0.110. The van der Waals surface area contributed by atoms with E-state index in [2.05, 4.69) is 4.98 Å². The number of amides is 1. The third-order valence-corrected chi connectivity index (χ3v) is 3.25. The lowest BCUT2D eigenvalue weighted by atomic mass is 10.1. The average Bonchev–Trinajstić information content (AvgIpc) is 2.33. The van der Waals surface area contributed by atoms with E-state index in [4.69, 9.17) is 0 Å². The molecule has 0 bridgehead atoms. The number of carbonyl (C=O) groups is 1. The summed E-state index contributed by atoms with van der Waals surface area (Å²) in [4.78, 5) is 18.1. The number of pyridine rings is 1. The highest BCUT2D eigenvalue weighted by molar-refractivity contribution is 5.78. The summed E-state index contributed by atoms with van der Waals surface area (Å²) in [7, 11) is 0. The average molecular weight is 234 g/mol. The standard InChI is InChI=1S/C13H18N2O2/c1-10-3-2-6-14-12(10)9-13(17)15-7-4-11(16)5-8-15/h2-3,6,11,16H,4-5,7-9H2,1H3. The number of carbonyl (C=O) groups excluding carboxylic acids is 1. The molecular weight excluding hydrogens is 216 g/mol. The maximum atomic E-state index is 12.0. The molecule has 0 atom stereocenters. The number of hydrogen-bond acceptors (Lipinski definition) is 3. The van der Waals surface area contributed by atoms with Crippen LogP contribution in [0.5, 0.6) is 0 Å². The zero-order valence-electron chi connectivity index (χ0n) is 10.1. The molecule has 0 saturated carbocycles. The number of aliphatic hydroxyl groups is 1. The van der Waals surface area contributed by atoms with Crippen molar-refractivity contribution in [2.24, 2.45) is 0 Å². The van der Waals surface area contributed by atoms with Gasteiger partial charge in [-0.05, 0) is 31.4 Å². The molecule has 1 aromatic heterocycles. The van der Waals surface area contributed by atoms with Gasteiger partial charge in [0.25, 0.3) is 0 Å². The Morgan fingerprint density at radius 2 is 2.24 bits per heavy atom. The Kier molecular flexibility index (Phi) is 3.74. The first-order valence-electron chi connectivity index (χ1n) is 6.03. The lowest BCUT2D eigenvalue weighted by Gasteiger charge is -2.29. The summed E-state index contributed by atoms with van der Waals surface area (Å²) in [5.41, 5.74) is 1.90. The fourth-order valence-electron chi connectivity index (χ4n) is 2.07. The Hall–Kier alpha value is -1.42. The molecule has 1 saturated heterocycles. The van der Waals surface area contributed by atoms with Crippen LogP contribution in [0.1, 0.15) is 24.1 Å². The Morgan fingerprint density at radius 3 is 2.88 bits per heavy atom. The molecule has 0 aliphatic carbocycles. The summed E-state index contributed by atoms with van der Waals surface area (Å²) in [6.45, 7) is 3.29. The van der Waals surface area contributed by atoms with Gasteiger partial charge in [0.05, 0.1) is 18.2 Å². The second-order valence-electron chi connectivity index (χ2n) is 4.56. The zero-order valence-corrected chi connectivity index (χ0v) is 10.1. The van der Waals surface area contributed by atoms with E-state index in [-0.39, 0.29) is 12.0 Å². The van der Waals surface area contributed by atoms with E-state index < -0.39 is 0 Å². The Morgan fingerprint density at radius 1 is 1.53 bits per heavy atom. The lowest BCUT2D eigenvalue weighted by Crippen LogP contribution is -2.40. The molecule has 0 radical (unpaired) electrons. The maximum Gasteiger partial charge on any atom is 0.228 e. The van der Waals surface area contributed by atoms with E-state index >= 15 is 0 Å². The normalized spacial score (nSPS) is 17.2. The van der Waals surface area contributed by atoms with Gasteiger partial charge >= 0.3 is 0 Å². The number of aromatic nitrogens is 1. The first-order chi connectivity index (χ1) is 8.16. The van der Waals surface area contributed by atoms with Crippen LogP contribution in [0.15, 0.2) is 18.3 Å². The SMILES string of the molecule is Cc1cccnc1CC(=O)N1CCC(O)CC1. The molecule has 1 amide bonds. The van der Waals surface area contributed by atoms with Crippen LogP contribution in [0.4, 0.5) is 0 Å². The van der Waals surface area contributed by atoms with Crippen LogP contribution in [0.25, 0.3) is 0 Å². The molecule has 1 aliphatic rings. The molecule has 1 fully saturated rings. The molecule has 0 aromatic carbocycles. The van der Waals surface area contributed by atoms with Gasteiger partial charge < -0.3 is 10.0 Å². The molecule has 4 heteroatoms. The summed E-state index contributed by atoms with van der Waals surface area (Å²) in [6, 6.07) is 3.84. The van der Waals surface area contributed by atoms with Gasteiger partial charge in [-0.15, -0.1) is 0 Å². The predicted molar refractivity (Wildman–Crippen MR) is 64.5 cm³/mol. The van der Waals surface area contributed by atoms with Gasteiger partial charge in [0.2, 0.25) is 5.91 Å². The molecule has 1 aromatic rings. The molecular formula is C13H18N2O2. The van der Waals surface area contributed by atoms with E-state index in [1.165, 1.54) is 0 Å². The van der Waals surface area contributed by atoms with Gasteiger partial charge in [-0.25, -0.2) is 0 Å². The summed E-state index contributed by atoms with van der Waals surface area (Å²) < 4.78 is 0. The van der Waals surface area contributed by atoms with E-state index in [0.29, 0.717) is 32.4 Å². The van der Waals surface area contributed by atoms with Crippen LogP contribution in [0.2, 0.25) is 0 Å². The van der Waals surface area contributed by atoms with Crippen LogP contribution < -0.4 is 0 Å². The van der Waals surface area contributed by atoms with E-state index in [1.807, 2.05) is 24.0 Å². The van der Waals surface area contributed by atoms with Gasteiger partial charge in [0.15, 0.2) is 0 Å². The topological polar surface area (TPSA) is 53.4 Å². The Bertz CT molecular complexity index is 398. The summed E-state index contributed by atoms with van der Waals surface area (Å²) in [6.07, 6.45) is 3.22. The van der Waals surface area contributed by atoms with Gasteiger partial charge in [-0.2, -0.15) is 0 Å². The van der Waals surface area contributed by atoms with Crippen molar-refractivity contribution in [3.05, 3.63) is 29.6 Å². The minimum Gasteiger partial charge on any atom is -0.393 e. The maximum absolute atomic E-state index is 12.0. The molecule has 4 nitrogen and oxygen atoms in total. The smallest absolute Gasteiger partial charge is 0.228 e. The number of aliphatic hydroxyl groups excluding tert-OH is 1. The monoisotopic (exact) mass is 234 g/mol. The van der Waals surface area contributed by atoms with E-state index in [0.717, 1.165) is 11.3 Å². The van der Waals surface area contributed by atoms with Crippen molar-refractivity contribution in [2.75, 3.05) is 13.1 Å². The second-order valence-corrected chi connectivity index (χ2v) is 4.56. The molecule has 92 valence electrons. The zero-order chi connectivity index (χ0) is 12.3. The first kappa shape index (κ1) is 12.0. The van der Waals surface area contributed by atoms with Crippen molar-refractivity contribution in [2.45, 2.75) is 32.3 Å². The van der Waals surface area contributed by atoms with Crippen molar-refractivity contribution in [1.82, 2.24) is 9.88 Å². The fraction of sp³-hybridized carbons (Fsp3) is 0.538. The lowest BCUT2D eigenvalue weighted by molar-refractivity contribution is -0.132. The summed E-state index contributed by atoms with van der Waals surface area (Å²) in [5.74, 6) is 0.110. The van der Waals surface area contributed by atoms with Crippen LogP contribution in [-0.4, -0.2) is 40.1 Å². The largest absolute Gasteiger partial charge is 0.393 e. The van der Waals surface area contributed by atoms with Gasteiger partial charge in [0.1, 0.15) is 0 Å². The molecule has 2 rings (SSSR count). The Labute approximate surface area is 101 Å². The second kappa shape index (κ2) is 5.27. The molecule has 1 aliphatic heterocycles. The number of likely N-dealkylation sites (tertiary alicyclic amines) is 1. The van der Waals surface area contributed by atoms with Crippen LogP contribution in [0, 0.1) is 6.92 Å². The molecule has 17 heavy (non-hydrogen) atoms. The first-order valence-corrected chi connectivity index (χ1v) is 6.03. The van der Waals surface area contributed by atoms with Crippen LogP contribution >= 0.6 is 0 Å². The van der Waals surface area contributed by atoms with Crippen molar-refractivity contribution in [1.29, 1.82) is 0 Å². The number of aryl methyl sites for hydroxylation is 1. The molecule has 0 spiro atoms. The fourth-order valence-corrected chi connectivity index (χ4v) is 2.07. The van der Waals surface area contributed by atoms with Crippen LogP contribution in [0.3, 0.4) is 0 Å². The third kappa shape index (κ3) is 3.03. The summed E-state index contributed by atoms with van der Waals surface area (Å²) in [5, 5.41) is 9.39. The quantitative estimate of drug-likeness (QED) is 0.827. The number of nitrogens with zero attached hydrogens (tertiary/aromatic N) is 2. The highest BCUT2D eigenvalue weighted by Crippen LogP contribution is 2.12. The van der Waals surface area contributed by atoms with Gasteiger partial charge in [0, 0.05) is 19.3 Å². The predicted octanol–water partition coefficient (Wildman–Crippen LogP) is 0.916. The van der Waals surface area contributed by atoms with Gasteiger partial charge in [-0.1, -0.05) is 6.07 Å². The molecule has 1 N–H and O–H groups in total. The highest BCUT2D eigenvalue weighted by atomic mass is 16.3. The number of piperidine rings is 1. The third-order valence-electron chi connectivity index (χ3n) is 3.25. The van der Waals surface area contributed by atoms with Crippen molar-refractivity contribution >= 4 is 5.91 Å². The minimum atomic E-state index is -0.240. The van der Waals surface area contributed by atoms with Gasteiger partial charge in [-0.3, -0.25) is 9.78 Å². The van der Waals surface area contributed by atoms with Crippen molar-refractivity contribution in [3.8, 4) is 0 Å². The summed E-state index contributed by atoms with van der Waals surface area (Å²) >= 11 is 0. The molecule has 0 unspecified atom stereocenters. The number of hydrogen-bond donors (Lipinski definition) is 1. The van der Waals surface area contributed by atoms with Crippen LogP contribution in [-0.2, 0) is 11.2 Å². The molecule has 2 heterocycles. The highest BCUT2D eigenvalue weighted by Gasteiger charge is 2.21. The van der Waals surface area contributed by atoms with Crippen molar-refractivity contribution < 1.29 is 9.90 Å². The van der Waals surface area contributed by atoms with E-state index in [9.17, 15) is 9.90 Å². The number of rotatable bonds is 2. The van der Waals surface area contributed by atoms with Crippen molar-refractivity contribution in [3.63, 3.8) is 0 Å². The van der Waals surface area contributed by atoms with E-state index in [1.54, 1.807) is 6.20 Å². The Balaban J connectivity index is 1.95.